The summed E-state index contributed by atoms with van der Waals surface area (Å²) >= 11 is 0. The highest BCUT2D eigenvalue weighted by atomic mass is 35.5. The Morgan fingerprint density at radius 2 is 2.38 bits per heavy atom. The lowest BCUT2D eigenvalue weighted by atomic mass is 10.0. The van der Waals surface area contributed by atoms with Crippen LogP contribution in [0, 0.1) is 5.92 Å². The number of halogens is 1. The van der Waals surface area contributed by atoms with Crippen LogP contribution in [0.1, 0.15) is 19.8 Å². The van der Waals surface area contributed by atoms with E-state index in [1.165, 1.54) is 0 Å². The van der Waals surface area contributed by atoms with Crippen molar-refractivity contribution in [2.24, 2.45) is 5.92 Å². The molecule has 2 atom stereocenters. The Morgan fingerprint density at radius 3 is 3.00 bits per heavy atom. The number of amides is 1. The van der Waals surface area contributed by atoms with Gasteiger partial charge < -0.3 is 15.0 Å². The third-order valence-electron chi connectivity index (χ3n) is 3.21. The second-order valence-electron chi connectivity index (χ2n) is 4.63. The van der Waals surface area contributed by atoms with E-state index in [0.717, 1.165) is 39.3 Å². The summed E-state index contributed by atoms with van der Waals surface area (Å²) in [7, 11) is 0. The van der Waals surface area contributed by atoms with Gasteiger partial charge in [0.15, 0.2) is 0 Å². The molecule has 2 rings (SSSR count). The van der Waals surface area contributed by atoms with Gasteiger partial charge in [-0.1, -0.05) is 0 Å². The fourth-order valence-electron chi connectivity index (χ4n) is 2.28. The van der Waals surface area contributed by atoms with E-state index in [4.69, 9.17) is 4.74 Å². The average molecular weight is 249 g/mol. The van der Waals surface area contributed by atoms with Crippen LogP contribution < -0.4 is 5.32 Å². The lowest BCUT2D eigenvalue weighted by Gasteiger charge is -2.32. The number of carbonyl (C=O) groups is 1. The maximum atomic E-state index is 11.9. The molecule has 1 N–H and O–H groups in total. The molecule has 0 saturated carbocycles. The molecule has 0 aromatic rings. The monoisotopic (exact) mass is 248 g/mol. The first-order chi connectivity index (χ1) is 7.25. The molecule has 2 fully saturated rings. The molecule has 0 aromatic heterocycles. The number of piperazine rings is 1. The molecule has 0 radical (unpaired) electrons. The lowest BCUT2D eigenvalue weighted by Crippen LogP contribution is -2.51. The number of nitrogens with one attached hydrogen (secondary N) is 1. The van der Waals surface area contributed by atoms with Gasteiger partial charge in [-0.15, -0.1) is 12.4 Å². The normalized spacial score (nSPS) is 29.9. The van der Waals surface area contributed by atoms with Gasteiger partial charge in [0.25, 0.3) is 0 Å². The maximum absolute atomic E-state index is 11.9. The maximum Gasteiger partial charge on any atom is 0.223 e. The van der Waals surface area contributed by atoms with E-state index in [-0.39, 0.29) is 12.4 Å². The average Bonchev–Trinajstić information content (AvgIpc) is 2.70. The van der Waals surface area contributed by atoms with Crippen molar-refractivity contribution in [1.29, 1.82) is 0 Å². The van der Waals surface area contributed by atoms with Gasteiger partial charge in [0.1, 0.15) is 0 Å². The van der Waals surface area contributed by atoms with E-state index in [2.05, 4.69) is 12.2 Å². The molecule has 4 nitrogen and oxygen atoms in total. The van der Waals surface area contributed by atoms with Gasteiger partial charge in [0.2, 0.25) is 5.91 Å². The van der Waals surface area contributed by atoms with Crippen LogP contribution in [0.15, 0.2) is 0 Å². The van der Waals surface area contributed by atoms with Crippen LogP contribution in [0.5, 0.6) is 0 Å². The van der Waals surface area contributed by atoms with Gasteiger partial charge in [-0.05, 0) is 19.3 Å². The molecule has 2 saturated heterocycles. The molecular formula is C11H21ClN2O2. The first kappa shape index (κ1) is 13.7. The predicted molar refractivity (Wildman–Crippen MR) is 64.8 cm³/mol. The molecule has 94 valence electrons. The Bertz CT molecular complexity index is 232. The molecule has 2 heterocycles. The van der Waals surface area contributed by atoms with Gasteiger partial charge in [-0.2, -0.15) is 0 Å². The summed E-state index contributed by atoms with van der Waals surface area (Å²) in [5.74, 6) is 0.765. The zero-order valence-electron chi connectivity index (χ0n) is 9.78. The minimum absolute atomic E-state index is 0. The Balaban J connectivity index is 0.00000128. The first-order valence-corrected chi connectivity index (χ1v) is 5.84. The van der Waals surface area contributed by atoms with Crippen LogP contribution in [0.3, 0.4) is 0 Å². The summed E-state index contributed by atoms with van der Waals surface area (Å²) in [4.78, 5) is 13.9. The number of carbonyl (C=O) groups excluding carboxylic acids is 1. The Labute approximate surface area is 103 Å². The zero-order chi connectivity index (χ0) is 10.7. The van der Waals surface area contributed by atoms with E-state index >= 15 is 0 Å². The second kappa shape index (κ2) is 6.42. The quantitative estimate of drug-likeness (QED) is 0.781. The van der Waals surface area contributed by atoms with Crippen molar-refractivity contribution in [3.05, 3.63) is 0 Å². The number of ether oxygens (including phenoxy) is 1. The molecule has 0 spiro atoms. The molecule has 1 amide bonds. The number of hydrogen-bond donors (Lipinski definition) is 1. The molecule has 0 aliphatic carbocycles. The highest BCUT2D eigenvalue weighted by Crippen LogP contribution is 2.17. The van der Waals surface area contributed by atoms with Crippen LogP contribution in [-0.2, 0) is 9.53 Å². The van der Waals surface area contributed by atoms with Crippen molar-refractivity contribution in [3.8, 4) is 0 Å². The Morgan fingerprint density at radius 1 is 1.56 bits per heavy atom. The van der Waals surface area contributed by atoms with E-state index in [0.29, 0.717) is 24.3 Å². The molecule has 0 bridgehead atoms. The third-order valence-corrected chi connectivity index (χ3v) is 3.21. The van der Waals surface area contributed by atoms with Crippen LogP contribution in [-0.4, -0.2) is 49.7 Å². The number of hydrogen-bond acceptors (Lipinski definition) is 3. The van der Waals surface area contributed by atoms with Gasteiger partial charge in [0, 0.05) is 45.3 Å². The molecule has 5 heteroatoms. The summed E-state index contributed by atoms with van der Waals surface area (Å²) in [6, 6.07) is 0.433. The number of nitrogens with zero attached hydrogens (tertiary/aromatic N) is 1. The minimum Gasteiger partial charge on any atom is -0.381 e. The first-order valence-electron chi connectivity index (χ1n) is 5.84. The van der Waals surface area contributed by atoms with Crippen molar-refractivity contribution < 1.29 is 9.53 Å². The molecule has 2 aliphatic heterocycles. The van der Waals surface area contributed by atoms with Crippen molar-refractivity contribution in [1.82, 2.24) is 10.2 Å². The molecule has 2 aliphatic rings. The van der Waals surface area contributed by atoms with Gasteiger partial charge in [0.05, 0.1) is 0 Å². The molecular weight excluding hydrogens is 228 g/mol. The van der Waals surface area contributed by atoms with E-state index < -0.39 is 0 Å². The van der Waals surface area contributed by atoms with Gasteiger partial charge >= 0.3 is 0 Å². The van der Waals surface area contributed by atoms with Crippen LogP contribution in [0.25, 0.3) is 0 Å². The summed E-state index contributed by atoms with van der Waals surface area (Å²) in [5.41, 5.74) is 0. The van der Waals surface area contributed by atoms with Crippen LogP contribution in [0.4, 0.5) is 0 Å². The SMILES string of the molecule is C[C@H]1CN(C(=O)CC2CCOC2)CCN1.Cl. The number of rotatable bonds is 2. The fourth-order valence-corrected chi connectivity index (χ4v) is 2.28. The highest BCUT2D eigenvalue weighted by Gasteiger charge is 2.25. The lowest BCUT2D eigenvalue weighted by molar-refractivity contribution is -0.133. The zero-order valence-corrected chi connectivity index (χ0v) is 10.6. The standard InChI is InChI=1S/C11H20N2O2.ClH/c1-9-7-13(4-3-12-9)11(14)6-10-2-5-15-8-10;/h9-10,12H,2-8H2,1H3;1H/t9-,10?;/m0./s1. The fraction of sp³-hybridized carbons (Fsp3) is 0.909. The van der Waals surface area contributed by atoms with Crippen LogP contribution >= 0.6 is 12.4 Å². The van der Waals surface area contributed by atoms with E-state index in [1.807, 2.05) is 4.90 Å². The van der Waals surface area contributed by atoms with Gasteiger partial charge in [-0.3, -0.25) is 4.79 Å². The third kappa shape index (κ3) is 3.61. The Hall–Kier alpha value is -0.320. The van der Waals surface area contributed by atoms with Crippen LogP contribution in [0.2, 0.25) is 0 Å². The van der Waals surface area contributed by atoms with E-state index in [9.17, 15) is 4.79 Å². The summed E-state index contributed by atoms with van der Waals surface area (Å²) in [6.45, 7) is 6.36. The van der Waals surface area contributed by atoms with Crippen molar-refractivity contribution in [3.63, 3.8) is 0 Å². The van der Waals surface area contributed by atoms with Gasteiger partial charge in [-0.25, -0.2) is 0 Å². The molecule has 16 heavy (non-hydrogen) atoms. The second-order valence-corrected chi connectivity index (χ2v) is 4.63. The predicted octanol–water partition coefficient (Wildman–Crippen LogP) is 0.655. The van der Waals surface area contributed by atoms with E-state index in [1.54, 1.807) is 0 Å². The summed E-state index contributed by atoms with van der Waals surface area (Å²) in [5, 5.41) is 3.34. The highest BCUT2D eigenvalue weighted by molar-refractivity contribution is 5.85. The van der Waals surface area contributed by atoms with Crippen molar-refractivity contribution >= 4 is 18.3 Å². The topological polar surface area (TPSA) is 41.6 Å². The largest absolute Gasteiger partial charge is 0.381 e. The molecule has 1 unspecified atom stereocenters. The molecule has 0 aromatic carbocycles. The minimum atomic E-state index is 0. The van der Waals surface area contributed by atoms with Crippen molar-refractivity contribution in [2.45, 2.75) is 25.8 Å². The Kier molecular flexibility index (Phi) is 5.52. The summed E-state index contributed by atoms with van der Waals surface area (Å²) in [6.07, 6.45) is 1.72. The summed E-state index contributed by atoms with van der Waals surface area (Å²) < 4.78 is 5.28. The smallest absolute Gasteiger partial charge is 0.223 e. The van der Waals surface area contributed by atoms with Crippen molar-refractivity contribution in [2.75, 3.05) is 32.8 Å².